The SMILES string of the molecule is Cc1ccc(Cl)cc1N([C@H](C)C(=O)Nc1ccccc1C(=O)NCCc1ccccc1)S(C)(=O)=O. The first-order chi connectivity index (χ1) is 16.6. The Kier molecular flexibility index (Phi) is 8.53. The lowest BCUT2D eigenvalue weighted by Crippen LogP contribution is -2.46. The molecule has 3 aromatic carbocycles. The summed E-state index contributed by atoms with van der Waals surface area (Å²) in [5.74, 6) is -0.922. The minimum atomic E-state index is -3.82. The number of anilines is 2. The Morgan fingerprint density at radius 3 is 2.34 bits per heavy atom. The first-order valence-electron chi connectivity index (χ1n) is 11.1. The van der Waals surface area contributed by atoms with Gasteiger partial charge in [0, 0.05) is 11.6 Å². The molecule has 0 fully saturated rings. The van der Waals surface area contributed by atoms with Gasteiger partial charge >= 0.3 is 0 Å². The van der Waals surface area contributed by atoms with Crippen LogP contribution in [0.15, 0.2) is 72.8 Å². The molecule has 0 aliphatic carbocycles. The van der Waals surface area contributed by atoms with Gasteiger partial charge in [-0.15, -0.1) is 0 Å². The van der Waals surface area contributed by atoms with Crippen LogP contribution in [0.3, 0.4) is 0 Å². The number of hydrogen-bond donors (Lipinski definition) is 2. The number of carbonyl (C=O) groups is 2. The quantitative estimate of drug-likeness (QED) is 0.443. The first kappa shape index (κ1) is 26.2. The van der Waals surface area contributed by atoms with Gasteiger partial charge in [0.1, 0.15) is 6.04 Å². The van der Waals surface area contributed by atoms with Gasteiger partial charge in [0.25, 0.3) is 5.91 Å². The summed E-state index contributed by atoms with van der Waals surface area (Å²) in [4.78, 5) is 26.0. The number of nitrogens with one attached hydrogen (secondary N) is 2. The van der Waals surface area contributed by atoms with E-state index in [-0.39, 0.29) is 17.2 Å². The van der Waals surface area contributed by atoms with Crippen molar-refractivity contribution in [2.75, 3.05) is 22.4 Å². The molecule has 2 amide bonds. The molecule has 0 spiro atoms. The van der Waals surface area contributed by atoms with E-state index in [2.05, 4.69) is 10.6 Å². The number of sulfonamides is 1. The van der Waals surface area contributed by atoms with Gasteiger partial charge < -0.3 is 10.6 Å². The number of nitrogens with zero attached hydrogens (tertiary/aromatic N) is 1. The largest absolute Gasteiger partial charge is 0.352 e. The second-order valence-corrected chi connectivity index (χ2v) is 10.5. The van der Waals surface area contributed by atoms with Gasteiger partial charge in [0.15, 0.2) is 0 Å². The Morgan fingerprint density at radius 2 is 1.66 bits per heavy atom. The minimum Gasteiger partial charge on any atom is -0.352 e. The topological polar surface area (TPSA) is 95.6 Å². The fourth-order valence-corrected chi connectivity index (χ4v) is 5.08. The van der Waals surface area contributed by atoms with Crippen LogP contribution < -0.4 is 14.9 Å². The average Bonchev–Trinajstić information content (AvgIpc) is 2.81. The zero-order chi connectivity index (χ0) is 25.6. The maximum atomic E-state index is 13.2. The van der Waals surface area contributed by atoms with Gasteiger partial charge in [-0.05, 0) is 55.7 Å². The molecule has 0 aliphatic heterocycles. The summed E-state index contributed by atoms with van der Waals surface area (Å²) in [5, 5.41) is 5.93. The molecule has 0 unspecified atom stereocenters. The van der Waals surface area contributed by atoms with Crippen LogP contribution in [-0.2, 0) is 21.2 Å². The molecule has 0 bridgehead atoms. The molecule has 2 N–H and O–H groups in total. The molecule has 9 heteroatoms. The number of halogens is 1. The van der Waals surface area contributed by atoms with E-state index in [4.69, 9.17) is 11.6 Å². The van der Waals surface area contributed by atoms with E-state index in [1.807, 2.05) is 30.3 Å². The van der Waals surface area contributed by atoms with E-state index < -0.39 is 22.0 Å². The fraction of sp³-hybridized carbons (Fsp3) is 0.231. The average molecular weight is 514 g/mol. The van der Waals surface area contributed by atoms with Gasteiger partial charge in [-0.2, -0.15) is 0 Å². The van der Waals surface area contributed by atoms with Gasteiger partial charge in [-0.1, -0.05) is 60.1 Å². The monoisotopic (exact) mass is 513 g/mol. The Labute approximate surface area is 211 Å². The summed E-state index contributed by atoms with van der Waals surface area (Å²) in [5.41, 5.74) is 2.64. The fourth-order valence-electron chi connectivity index (χ4n) is 3.69. The van der Waals surface area contributed by atoms with E-state index in [1.165, 1.54) is 13.0 Å². The third-order valence-corrected chi connectivity index (χ3v) is 6.93. The van der Waals surface area contributed by atoms with Crippen LogP contribution in [-0.4, -0.2) is 39.1 Å². The maximum absolute atomic E-state index is 13.2. The summed E-state index contributed by atoms with van der Waals surface area (Å²) >= 11 is 6.09. The number of carbonyl (C=O) groups excluding carboxylic acids is 2. The van der Waals surface area contributed by atoms with Crippen molar-refractivity contribution in [1.82, 2.24) is 5.32 Å². The third-order valence-electron chi connectivity index (χ3n) is 5.47. The zero-order valence-electron chi connectivity index (χ0n) is 19.8. The van der Waals surface area contributed by atoms with Crippen molar-refractivity contribution in [3.05, 3.63) is 94.5 Å². The van der Waals surface area contributed by atoms with Gasteiger partial charge in [0.05, 0.1) is 23.2 Å². The molecule has 35 heavy (non-hydrogen) atoms. The van der Waals surface area contributed by atoms with Crippen LogP contribution >= 0.6 is 11.6 Å². The van der Waals surface area contributed by atoms with Crippen molar-refractivity contribution in [2.24, 2.45) is 0 Å². The lowest BCUT2D eigenvalue weighted by Gasteiger charge is -2.29. The molecule has 0 aromatic heterocycles. The number of hydrogen-bond acceptors (Lipinski definition) is 4. The van der Waals surface area contributed by atoms with Crippen LogP contribution in [0.1, 0.15) is 28.4 Å². The summed E-state index contributed by atoms with van der Waals surface area (Å²) in [6.07, 6.45) is 1.70. The van der Waals surface area contributed by atoms with Crippen molar-refractivity contribution in [2.45, 2.75) is 26.3 Å². The predicted octanol–water partition coefficient (Wildman–Crippen LogP) is 4.41. The Balaban J connectivity index is 1.77. The molecular weight excluding hydrogens is 486 g/mol. The van der Waals surface area contributed by atoms with E-state index in [0.29, 0.717) is 29.2 Å². The van der Waals surface area contributed by atoms with Crippen molar-refractivity contribution in [1.29, 1.82) is 0 Å². The van der Waals surface area contributed by atoms with Crippen LogP contribution in [0, 0.1) is 6.92 Å². The summed E-state index contributed by atoms with van der Waals surface area (Å²) in [6.45, 7) is 3.65. The number of para-hydroxylation sites is 1. The van der Waals surface area contributed by atoms with E-state index in [1.54, 1.807) is 43.3 Å². The zero-order valence-corrected chi connectivity index (χ0v) is 21.4. The summed E-state index contributed by atoms with van der Waals surface area (Å²) in [6, 6.07) is 20.1. The first-order valence-corrected chi connectivity index (χ1v) is 13.3. The highest BCUT2D eigenvalue weighted by atomic mass is 35.5. The van der Waals surface area contributed by atoms with Crippen molar-refractivity contribution < 1.29 is 18.0 Å². The molecule has 1 atom stereocenters. The van der Waals surface area contributed by atoms with Gasteiger partial charge in [-0.3, -0.25) is 13.9 Å². The Hall–Kier alpha value is -3.36. The van der Waals surface area contributed by atoms with E-state index in [9.17, 15) is 18.0 Å². The highest BCUT2D eigenvalue weighted by molar-refractivity contribution is 7.92. The highest BCUT2D eigenvalue weighted by Crippen LogP contribution is 2.29. The number of rotatable bonds is 9. The molecule has 0 heterocycles. The van der Waals surface area contributed by atoms with E-state index in [0.717, 1.165) is 16.1 Å². The lowest BCUT2D eigenvalue weighted by molar-refractivity contribution is -0.116. The summed E-state index contributed by atoms with van der Waals surface area (Å²) < 4.78 is 26.3. The highest BCUT2D eigenvalue weighted by Gasteiger charge is 2.31. The third kappa shape index (κ3) is 6.83. The predicted molar refractivity (Wildman–Crippen MR) is 141 cm³/mol. The Bertz CT molecular complexity index is 1310. The molecule has 0 saturated carbocycles. The molecule has 0 radical (unpaired) electrons. The molecule has 0 saturated heterocycles. The molecule has 3 aromatic rings. The van der Waals surface area contributed by atoms with Gasteiger partial charge in [0.2, 0.25) is 15.9 Å². The lowest BCUT2D eigenvalue weighted by atomic mass is 10.1. The van der Waals surface area contributed by atoms with Crippen LogP contribution in [0.25, 0.3) is 0 Å². The van der Waals surface area contributed by atoms with Crippen LogP contribution in [0.5, 0.6) is 0 Å². The molecular formula is C26H28ClN3O4S. The molecule has 184 valence electrons. The number of aryl methyl sites for hydroxylation is 1. The van der Waals surface area contributed by atoms with Crippen molar-refractivity contribution >= 4 is 44.8 Å². The normalized spacial score (nSPS) is 12.0. The standard InChI is InChI=1S/C26H28ClN3O4S/c1-18-13-14-21(27)17-24(18)30(35(3,33)34)19(2)25(31)29-23-12-8-7-11-22(23)26(32)28-16-15-20-9-5-4-6-10-20/h4-14,17,19H,15-16H2,1-3H3,(H,28,32)(H,29,31)/t19-/m1/s1. The molecule has 3 rings (SSSR count). The Morgan fingerprint density at radius 1 is 1.00 bits per heavy atom. The second-order valence-electron chi connectivity index (χ2n) is 8.19. The maximum Gasteiger partial charge on any atom is 0.253 e. The van der Waals surface area contributed by atoms with Crippen LogP contribution in [0.2, 0.25) is 5.02 Å². The number of benzene rings is 3. The summed E-state index contributed by atoms with van der Waals surface area (Å²) in [7, 11) is -3.82. The minimum absolute atomic E-state index is 0.283. The van der Waals surface area contributed by atoms with Crippen molar-refractivity contribution in [3.63, 3.8) is 0 Å². The molecule has 0 aliphatic rings. The van der Waals surface area contributed by atoms with Crippen LogP contribution in [0.4, 0.5) is 11.4 Å². The molecule has 7 nitrogen and oxygen atoms in total. The second kappa shape index (κ2) is 11.4. The van der Waals surface area contributed by atoms with E-state index >= 15 is 0 Å². The smallest absolute Gasteiger partial charge is 0.253 e. The van der Waals surface area contributed by atoms with Gasteiger partial charge in [-0.25, -0.2) is 8.42 Å². The number of amides is 2. The van der Waals surface area contributed by atoms with Crippen molar-refractivity contribution in [3.8, 4) is 0 Å².